The van der Waals surface area contributed by atoms with Crippen molar-refractivity contribution in [3.8, 4) is 6.26 Å². The van der Waals surface area contributed by atoms with Crippen LogP contribution in [0.15, 0.2) is 0 Å². The van der Waals surface area contributed by atoms with Crippen molar-refractivity contribution in [2.75, 3.05) is 19.8 Å². The van der Waals surface area contributed by atoms with Gasteiger partial charge in [0, 0.05) is 0 Å². The van der Waals surface area contributed by atoms with Gasteiger partial charge in [0.15, 0.2) is 0 Å². The van der Waals surface area contributed by atoms with E-state index < -0.39 is 11.2 Å². The summed E-state index contributed by atoms with van der Waals surface area (Å²) >= 11 is 0. The number of rotatable bonds is 8. The summed E-state index contributed by atoms with van der Waals surface area (Å²) in [6.45, 7) is 7.86. The van der Waals surface area contributed by atoms with Gasteiger partial charge in [0.25, 0.3) is 6.26 Å². The summed E-state index contributed by atoms with van der Waals surface area (Å²) in [6.07, 6.45) is 2.30. The van der Waals surface area contributed by atoms with Gasteiger partial charge in [0.1, 0.15) is 19.5 Å². The average Bonchev–Trinajstić information content (AvgIpc) is 2.22. The minimum Gasteiger partial charge on any atom is -0.424 e. The second-order valence-corrected chi connectivity index (χ2v) is 4.67. The number of hydrogen-bond donors (Lipinski definition) is 0. The quantitative estimate of drug-likeness (QED) is 0.463. The fraction of sp³-hybridized carbons (Fsp3) is 0.818. The molecule has 0 radical (unpaired) electrons. The Morgan fingerprint density at radius 3 is 2.19 bits per heavy atom. The summed E-state index contributed by atoms with van der Waals surface area (Å²) in [5, 5.41) is 8.28. The van der Waals surface area contributed by atoms with Gasteiger partial charge in [0.05, 0.1) is 17.8 Å². The van der Waals surface area contributed by atoms with Crippen LogP contribution in [0.4, 0.5) is 0 Å². The van der Waals surface area contributed by atoms with Crippen molar-refractivity contribution >= 4 is 6.29 Å². The molecular formula is C11H19NO4. The second kappa shape index (κ2) is 6.46. The maximum Gasteiger partial charge on any atom is 0.286 e. The summed E-state index contributed by atoms with van der Waals surface area (Å²) in [6, 6.07) is 0. The molecule has 5 nitrogen and oxygen atoms in total. The molecule has 0 saturated heterocycles. The minimum absolute atomic E-state index is 0.0471. The molecule has 0 saturated carbocycles. The monoisotopic (exact) mass is 229 g/mol. The molecule has 0 aromatic carbocycles. The summed E-state index contributed by atoms with van der Waals surface area (Å²) in [5.74, 6) is 0. The summed E-state index contributed by atoms with van der Waals surface area (Å²) in [7, 11) is 0. The third-order valence-corrected chi connectivity index (χ3v) is 1.84. The van der Waals surface area contributed by atoms with E-state index in [1.54, 1.807) is 6.26 Å². The largest absolute Gasteiger partial charge is 0.424 e. The Morgan fingerprint density at radius 1 is 1.12 bits per heavy atom. The van der Waals surface area contributed by atoms with Crippen LogP contribution in [0.25, 0.3) is 0 Å². The molecule has 0 fully saturated rings. The van der Waals surface area contributed by atoms with Crippen LogP contribution in [0.3, 0.4) is 0 Å². The SMILES string of the molecule is CC(C)(COC#N)OCC(C)(C)OCC=O. The second-order valence-electron chi connectivity index (χ2n) is 4.67. The fourth-order valence-corrected chi connectivity index (χ4v) is 0.918. The highest BCUT2D eigenvalue weighted by Crippen LogP contribution is 2.16. The minimum atomic E-state index is -0.558. The maximum absolute atomic E-state index is 10.2. The number of carbonyl (C=O) groups excluding carboxylic acids is 1. The molecule has 0 aliphatic heterocycles. The molecule has 0 rings (SSSR count). The first-order valence-electron chi connectivity index (χ1n) is 5.05. The van der Waals surface area contributed by atoms with Crippen molar-refractivity contribution in [3.63, 3.8) is 0 Å². The molecule has 0 aliphatic carbocycles. The lowest BCUT2D eigenvalue weighted by Crippen LogP contribution is -2.39. The van der Waals surface area contributed by atoms with Gasteiger partial charge in [-0.3, -0.25) is 0 Å². The zero-order valence-corrected chi connectivity index (χ0v) is 10.3. The molecule has 0 heterocycles. The first-order valence-corrected chi connectivity index (χ1v) is 5.05. The van der Waals surface area contributed by atoms with Gasteiger partial charge in [0.2, 0.25) is 0 Å². The molecule has 0 unspecified atom stereocenters. The van der Waals surface area contributed by atoms with Crippen LogP contribution in [0.1, 0.15) is 27.7 Å². The van der Waals surface area contributed by atoms with Crippen molar-refractivity contribution in [1.82, 2.24) is 0 Å². The lowest BCUT2D eigenvalue weighted by Gasteiger charge is -2.30. The smallest absolute Gasteiger partial charge is 0.286 e. The highest BCUT2D eigenvalue weighted by atomic mass is 16.6. The van der Waals surface area contributed by atoms with Gasteiger partial charge >= 0.3 is 0 Å². The number of nitriles is 1. The molecule has 92 valence electrons. The van der Waals surface area contributed by atoms with Crippen LogP contribution in [0.2, 0.25) is 0 Å². The van der Waals surface area contributed by atoms with Crippen LogP contribution < -0.4 is 0 Å². The van der Waals surface area contributed by atoms with Crippen LogP contribution in [-0.2, 0) is 19.0 Å². The van der Waals surface area contributed by atoms with E-state index >= 15 is 0 Å². The van der Waals surface area contributed by atoms with Gasteiger partial charge in [-0.1, -0.05) is 0 Å². The van der Waals surface area contributed by atoms with Crippen molar-refractivity contribution in [2.45, 2.75) is 38.9 Å². The molecule has 16 heavy (non-hydrogen) atoms. The normalized spacial score (nSPS) is 11.9. The molecule has 0 amide bonds. The van der Waals surface area contributed by atoms with Gasteiger partial charge in [-0.05, 0) is 27.7 Å². The molecule has 0 atom stereocenters. The Bertz CT molecular complexity index is 255. The Hall–Kier alpha value is -1.12. The molecule has 0 aromatic rings. The summed E-state index contributed by atoms with van der Waals surface area (Å²) in [4.78, 5) is 10.2. The first-order chi connectivity index (χ1) is 7.33. The zero-order chi connectivity index (χ0) is 12.7. The predicted molar refractivity (Wildman–Crippen MR) is 57.7 cm³/mol. The maximum atomic E-state index is 10.2. The lowest BCUT2D eigenvalue weighted by atomic mass is 10.1. The number of hydrogen-bond acceptors (Lipinski definition) is 5. The molecule has 0 N–H and O–H groups in total. The van der Waals surface area contributed by atoms with E-state index in [1.807, 2.05) is 27.7 Å². The zero-order valence-electron chi connectivity index (χ0n) is 10.3. The Kier molecular flexibility index (Phi) is 6.01. The molecule has 0 bridgehead atoms. The van der Waals surface area contributed by atoms with Crippen molar-refractivity contribution in [2.24, 2.45) is 0 Å². The molecule has 5 heteroatoms. The third-order valence-electron chi connectivity index (χ3n) is 1.84. The van der Waals surface area contributed by atoms with Crippen LogP contribution in [-0.4, -0.2) is 37.3 Å². The Morgan fingerprint density at radius 2 is 1.69 bits per heavy atom. The topological polar surface area (TPSA) is 68.6 Å². The Balaban J connectivity index is 4.01. The summed E-state index contributed by atoms with van der Waals surface area (Å²) in [5.41, 5.74) is -1.09. The first kappa shape index (κ1) is 14.9. The number of nitrogens with zero attached hydrogens (tertiary/aromatic N) is 1. The van der Waals surface area contributed by atoms with Crippen LogP contribution in [0, 0.1) is 11.5 Å². The molecule has 0 spiro atoms. The highest BCUT2D eigenvalue weighted by molar-refractivity contribution is 5.50. The average molecular weight is 229 g/mol. The third kappa shape index (κ3) is 7.21. The molecule has 0 aromatic heterocycles. The van der Waals surface area contributed by atoms with Crippen LogP contribution >= 0.6 is 0 Å². The van der Waals surface area contributed by atoms with E-state index in [-0.39, 0.29) is 13.2 Å². The van der Waals surface area contributed by atoms with E-state index in [4.69, 9.17) is 14.7 Å². The van der Waals surface area contributed by atoms with E-state index in [0.717, 1.165) is 0 Å². The van der Waals surface area contributed by atoms with E-state index in [9.17, 15) is 4.79 Å². The number of aldehydes is 1. The van der Waals surface area contributed by atoms with Crippen molar-refractivity contribution < 1.29 is 19.0 Å². The fourth-order valence-electron chi connectivity index (χ4n) is 0.918. The van der Waals surface area contributed by atoms with Crippen LogP contribution in [0.5, 0.6) is 0 Å². The predicted octanol–water partition coefficient (Wildman–Crippen LogP) is 1.27. The van der Waals surface area contributed by atoms with Gasteiger partial charge in [-0.15, -0.1) is 0 Å². The van der Waals surface area contributed by atoms with Crippen molar-refractivity contribution in [1.29, 1.82) is 5.26 Å². The van der Waals surface area contributed by atoms with E-state index in [0.29, 0.717) is 12.9 Å². The van der Waals surface area contributed by atoms with Gasteiger partial charge in [-0.2, -0.15) is 5.26 Å². The highest BCUT2D eigenvalue weighted by Gasteiger charge is 2.26. The van der Waals surface area contributed by atoms with Crippen molar-refractivity contribution in [3.05, 3.63) is 0 Å². The van der Waals surface area contributed by atoms with E-state index in [2.05, 4.69) is 4.74 Å². The lowest BCUT2D eigenvalue weighted by molar-refractivity contribution is -0.139. The van der Waals surface area contributed by atoms with Gasteiger partial charge in [-0.25, -0.2) is 0 Å². The summed E-state index contributed by atoms with van der Waals surface area (Å²) < 4.78 is 15.5. The number of ether oxygens (including phenoxy) is 3. The van der Waals surface area contributed by atoms with Gasteiger partial charge < -0.3 is 19.0 Å². The molecule has 0 aliphatic rings. The molecular weight excluding hydrogens is 210 g/mol. The Labute approximate surface area is 96.3 Å². The van der Waals surface area contributed by atoms with E-state index in [1.165, 1.54) is 0 Å². The number of carbonyl (C=O) groups is 1. The standard InChI is InChI=1S/C11H19NO4/c1-10(2,7-14-9-12)16-8-11(3,4)15-6-5-13/h5H,6-8H2,1-4H3.